The molecule has 0 saturated carbocycles. The average molecular weight is 314 g/mol. The number of rotatable bonds is 6. The lowest BCUT2D eigenvalue weighted by molar-refractivity contribution is 0.0920. The van der Waals surface area contributed by atoms with E-state index in [9.17, 15) is 9.59 Å². The Morgan fingerprint density at radius 3 is 2.65 bits per heavy atom. The predicted molar refractivity (Wildman–Crippen MR) is 88.3 cm³/mol. The fourth-order valence-electron chi connectivity index (χ4n) is 2.10. The summed E-state index contributed by atoms with van der Waals surface area (Å²) in [6, 6.07) is 9.11. The Labute approximate surface area is 136 Å². The Balaban J connectivity index is 1.99. The maximum absolute atomic E-state index is 12.1. The van der Waals surface area contributed by atoms with Gasteiger partial charge in [-0.2, -0.15) is 0 Å². The van der Waals surface area contributed by atoms with Gasteiger partial charge >= 0.3 is 0 Å². The largest absolute Gasteiger partial charge is 0.459 e. The van der Waals surface area contributed by atoms with E-state index < -0.39 is 0 Å². The van der Waals surface area contributed by atoms with Gasteiger partial charge in [0.05, 0.1) is 6.26 Å². The summed E-state index contributed by atoms with van der Waals surface area (Å²) < 4.78 is 5.16. The van der Waals surface area contributed by atoms with Gasteiger partial charge in [-0.25, -0.2) is 0 Å². The molecule has 122 valence electrons. The predicted octanol–water partition coefficient (Wildman–Crippen LogP) is 3.05. The fourth-order valence-corrected chi connectivity index (χ4v) is 2.10. The van der Waals surface area contributed by atoms with E-state index in [0.29, 0.717) is 17.9 Å². The Morgan fingerprint density at radius 1 is 1.22 bits per heavy atom. The molecule has 0 fully saturated rings. The lowest BCUT2D eigenvalue weighted by Gasteiger charge is -2.12. The molecule has 0 bridgehead atoms. The van der Waals surface area contributed by atoms with Gasteiger partial charge < -0.3 is 15.1 Å². The number of aryl methyl sites for hydroxylation is 1. The van der Waals surface area contributed by atoms with Crippen molar-refractivity contribution in [3.05, 3.63) is 59.0 Å². The van der Waals surface area contributed by atoms with Gasteiger partial charge in [0, 0.05) is 23.7 Å². The summed E-state index contributed by atoms with van der Waals surface area (Å²) in [5.74, 6) is -0.0490. The normalized spacial score (nSPS) is 11.8. The molecule has 2 aromatic rings. The third-order valence-electron chi connectivity index (χ3n) is 3.70. The quantitative estimate of drug-likeness (QED) is 0.861. The molecule has 0 spiro atoms. The molecule has 0 unspecified atom stereocenters. The van der Waals surface area contributed by atoms with Gasteiger partial charge in [-0.3, -0.25) is 9.59 Å². The van der Waals surface area contributed by atoms with E-state index in [4.69, 9.17) is 4.42 Å². The molecule has 0 aliphatic carbocycles. The Morgan fingerprint density at radius 2 is 2.00 bits per heavy atom. The van der Waals surface area contributed by atoms with Crippen molar-refractivity contribution in [1.82, 2.24) is 10.6 Å². The van der Waals surface area contributed by atoms with E-state index in [1.807, 2.05) is 32.9 Å². The first-order valence-electron chi connectivity index (χ1n) is 7.73. The van der Waals surface area contributed by atoms with E-state index in [1.165, 1.54) is 6.26 Å². The van der Waals surface area contributed by atoms with E-state index in [-0.39, 0.29) is 17.9 Å². The van der Waals surface area contributed by atoms with Crippen LogP contribution in [0.25, 0.3) is 0 Å². The zero-order valence-corrected chi connectivity index (χ0v) is 13.7. The van der Waals surface area contributed by atoms with Crippen LogP contribution in [0.4, 0.5) is 0 Å². The summed E-state index contributed by atoms with van der Waals surface area (Å²) in [5.41, 5.74) is 2.25. The highest BCUT2D eigenvalue weighted by Gasteiger charge is 2.13. The van der Waals surface area contributed by atoms with Crippen molar-refractivity contribution in [2.75, 3.05) is 0 Å². The van der Waals surface area contributed by atoms with E-state index >= 15 is 0 Å². The first-order valence-corrected chi connectivity index (χ1v) is 7.73. The molecule has 2 N–H and O–H groups in total. The van der Waals surface area contributed by atoms with Crippen LogP contribution in [0.5, 0.6) is 0 Å². The van der Waals surface area contributed by atoms with Crippen molar-refractivity contribution < 1.29 is 14.0 Å². The highest BCUT2D eigenvalue weighted by atomic mass is 16.3. The number of nitrogens with one attached hydrogen (secondary N) is 2. The van der Waals surface area contributed by atoms with Crippen LogP contribution in [-0.2, 0) is 6.54 Å². The summed E-state index contributed by atoms with van der Waals surface area (Å²) in [4.78, 5) is 24.1. The average Bonchev–Trinajstić information content (AvgIpc) is 2.98. The SMILES string of the molecule is CC[C@@H](C)NC(=O)c1cccc(CNC(=O)c2occc2C)c1. The number of amides is 2. The number of carbonyl (C=O) groups is 2. The highest BCUT2D eigenvalue weighted by Crippen LogP contribution is 2.10. The van der Waals surface area contributed by atoms with Crippen LogP contribution in [0.15, 0.2) is 41.0 Å². The fraction of sp³-hybridized carbons (Fsp3) is 0.333. The number of hydrogen-bond acceptors (Lipinski definition) is 3. The molecule has 0 aliphatic heterocycles. The molecule has 0 saturated heterocycles. The van der Waals surface area contributed by atoms with Gasteiger partial charge in [0.2, 0.25) is 0 Å². The monoisotopic (exact) mass is 314 g/mol. The molecule has 0 radical (unpaired) electrons. The van der Waals surface area contributed by atoms with Crippen molar-refractivity contribution in [3.63, 3.8) is 0 Å². The third-order valence-corrected chi connectivity index (χ3v) is 3.70. The molecule has 1 heterocycles. The van der Waals surface area contributed by atoms with Crippen LogP contribution in [0, 0.1) is 6.92 Å². The Bertz CT molecular complexity index is 691. The van der Waals surface area contributed by atoms with Crippen LogP contribution in [-0.4, -0.2) is 17.9 Å². The zero-order chi connectivity index (χ0) is 16.8. The maximum Gasteiger partial charge on any atom is 0.287 e. The molecule has 0 aliphatic rings. The van der Waals surface area contributed by atoms with Crippen molar-refractivity contribution in [2.45, 2.75) is 39.8 Å². The summed E-state index contributed by atoms with van der Waals surface area (Å²) >= 11 is 0. The molecule has 1 aromatic carbocycles. The van der Waals surface area contributed by atoms with E-state index in [1.54, 1.807) is 18.2 Å². The summed E-state index contributed by atoms with van der Waals surface area (Å²) in [6.07, 6.45) is 2.37. The summed E-state index contributed by atoms with van der Waals surface area (Å²) in [7, 11) is 0. The van der Waals surface area contributed by atoms with Crippen molar-refractivity contribution >= 4 is 11.8 Å². The van der Waals surface area contributed by atoms with Crippen molar-refractivity contribution in [3.8, 4) is 0 Å². The minimum Gasteiger partial charge on any atom is -0.459 e. The van der Waals surface area contributed by atoms with Crippen LogP contribution in [0.1, 0.15) is 52.3 Å². The van der Waals surface area contributed by atoms with Gasteiger partial charge in [-0.1, -0.05) is 19.1 Å². The molecular formula is C18H22N2O3. The minimum atomic E-state index is -0.262. The lowest BCUT2D eigenvalue weighted by Crippen LogP contribution is -2.32. The Hall–Kier alpha value is -2.56. The molecule has 1 atom stereocenters. The van der Waals surface area contributed by atoms with Gasteiger partial charge in [0.15, 0.2) is 5.76 Å². The number of carbonyl (C=O) groups excluding carboxylic acids is 2. The second-order valence-corrected chi connectivity index (χ2v) is 5.60. The second kappa shape index (κ2) is 7.63. The molecule has 5 heteroatoms. The minimum absolute atomic E-state index is 0.102. The zero-order valence-electron chi connectivity index (χ0n) is 13.7. The highest BCUT2D eigenvalue weighted by molar-refractivity contribution is 5.95. The van der Waals surface area contributed by atoms with Gasteiger partial charge in [0.1, 0.15) is 0 Å². The van der Waals surface area contributed by atoms with Crippen LogP contribution in [0.3, 0.4) is 0 Å². The standard InChI is InChI=1S/C18H22N2O3/c1-4-13(3)20-17(21)15-7-5-6-14(10-15)11-19-18(22)16-12(2)8-9-23-16/h5-10,13H,4,11H2,1-3H3,(H,19,22)(H,20,21)/t13-/m1/s1. The van der Waals surface area contributed by atoms with Crippen LogP contribution in [0.2, 0.25) is 0 Å². The number of hydrogen-bond donors (Lipinski definition) is 2. The van der Waals surface area contributed by atoms with Gasteiger partial charge in [0.25, 0.3) is 11.8 Å². The number of furan rings is 1. The van der Waals surface area contributed by atoms with Crippen molar-refractivity contribution in [1.29, 1.82) is 0 Å². The number of benzene rings is 1. The maximum atomic E-state index is 12.1. The molecular weight excluding hydrogens is 292 g/mol. The van der Waals surface area contributed by atoms with E-state index in [0.717, 1.165) is 17.5 Å². The lowest BCUT2D eigenvalue weighted by atomic mass is 10.1. The molecule has 2 amide bonds. The van der Waals surface area contributed by atoms with Crippen LogP contribution < -0.4 is 10.6 Å². The third kappa shape index (κ3) is 4.45. The molecule has 1 aromatic heterocycles. The smallest absolute Gasteiger partial charge is 0.287 e. The summed E-state index contributed by atoms with van der Waals surface area (Å²) in [5, 5.41) is 5.72. The van der Waals surface area contributed by atoms with E-state index in [2.05, 4.69) is 10.6 Å². The van der Waals surface area contributed by atoms with Crippen LogP contribution >= 0.6 is 0 Å². The van der Waals surface area contributed by atoms with Gasteiger partial charge in [-0.05, 0) is 44.0 Å². The summed E-state index contributed by atoms with van der Waals surface area (Å²) in [6.45, 7) is 6.14. The second-order valence-electron chi connectivity index (χ2n) is 5.60. The first-order chi connectivity index (χ1) is 11.0. The molecule has 2 rings (SSSR count). The Kier molecular flexibility index (Phi) is 5.57. The molecule has 5 nitrogen and oxygen atoms in total. The topological polar surface area (TPSA) is 71.3 Å². The molecule has 23 heavy (non-hydrogen) atoms. The van der Waals surface area contributed by atoms with Gasteiger partial charge in [-0.15, -0.1) is 0 Å². The first kappa shape index (κ1) is 16.8. The van der Waals surface area contributed by atoms with Crippen molar-refractivity contribution in [2.24, 2.45) is 0 Å².